The van der Waals surface area contributed by atoms with Gasteiger partial charge in [-0.3, -0.25) is 14.6 Å². The van der Waals surface area contributed by atoms with Gasteiger partial charge in [0.2, 0.25) is 15.9 Å². The van der Waals surface area contributed by atoms with Crippen molar-refractivity contribution in [2.75, 3.05) is 58.9 Å². The van der Waals surface area contributed by atoms with Gasteiger partial charge in [-0.2, -0.15) is 4.31 Å². The van der Waals surface area contributed by atoms with Gasteiger partial charge in [0.05, 0.1) is 11.4 Å². The van der Waals surface area contributed by atoms with E-state index in [0.717, 1.165) is 44.9 Å². The number of hydrogen-bond acceptors (Lipinski definition) is 5. The molecule has 9 heteroatoms. The van der Waals surface area contributed by atoms with E-state index in [9.17, 15) is 17.6 Å². The molecule has 0 saturated carbocycles. The molecule has 7 nitrogen and oxygen atoms in total. The Labute approximate surface area is 189 Å². The molecule has 0 radical (unpaired) electrons. The predicted molar refractivity (Wildman–Crippen MR) is 120 cm³/mol. The molecule has 2 aromatic carbocycles. The maximum absolute atomic E-state index is 13.1. The molecular weight excluding hydrogens is 431 g/mol. The second kappa shape index (κ2) is 10.1. The van der Waals surface area contributed by atoms with Crippen LogP contribution in [0.3, 0.4) is 0 Å². The lowest BCUT2D eigenvalue weighted by Crippen LogP contribution is -2.54. The highest BCUT2D eigenvalue weighted by atomic mass is 32.2. The Morgan fingerprint density at radius 3 is 2.00 bits per heavy atom. The minimum Gasteiger partial charge on any atom is -0.339 e. The maximum Gasteiger partial charge on any atom is 0.243 e. The summed E-state index contributed by atoms with van der Waals surface area (Å²) in [5.74, 6) is -0.430. The molecule has 2 aromatic rings. The molecule has 172 valence electrons. The number of hydrogen-bond donors (Lipinski definition) is 0. The number of carbonyl (C=O) groups is 1. The van der Waals surface area contributed by atoms with E-state index in [1.807, 2.05) is 6.07 Å². The lowest BCUT2D eigenvalue weighted by atomic mass is 10.2. The molecule has 0 unspecified atom stereocenters. The largest absolute Gasteiger partial charge is 0.339 e. The number of rotatable bonds is 6. The average molecular weight is 461 g/mol. The molecule has 2 fully saturated rings. The summed E-state index contributed by atoms with van der Waals surface area (Å²) in [5, 5.41) is 0. The first-order valence-electron chi connectivity index (χ1n) is 10.9. The van der Waals surface area contributed by atoms with Crippen LogP contribution in [0.15, 0.2) is 59.5 Å². The molecule has 0 aromatic heterocycles. The van der Waals surface area contributed by atoms with Crippen molar-refractivity contribution in [2.45, 2.75) is 11.4 Å². The first-order chi connectivity index (χ1) is 15.4. The molecule has 2 saturated heterocycles. The third-order valence-corrected chi connectivity index (χ3v) is 8.03. The Bertz CT molecular complexity index is 1000. The Morgan fingerprint density at radius 1 is 0.781 bits per heavy atom. The lowest BCUT2D eigenvalue weighted by molar-refractivity contribution is -0.134. The molecule has 4 rings (SSSR count). The van der Waals surface area contributed by atoms with Crippen LogP contribution >= 0.6 is 0 Å². The second-order valence-corrected chi connectivity index (χ2v) is 10.2. The fourth-order valence-corrected chi connectivity index (χ4v) is 5.59. The zero-order valence-corrected chi connectivity index (χ0v) is 18.9. The Balaban J connectivity index is 1.22. The van der Waals surface area contributed by atoms with Crippen LogP contribution in [0.4, 0.5) is 4.39 Å². The smallest absolute Gasteiger partial charge is 0.243 e. The molecule has 0 spiro atoms. The fourth-order valence-electron chi connectivity index (χ4n) is 4.17. The van der Waals surface area contributed by atoms with Crippen molar-refractivity contribution in [1.82, 2.24) is 19.0 Å². The fraction of sp³-hybridized carbons (Fsp3) is 0.435. The Hall–Kier alpha value is -2.33. The van der Waals surface area contributed by atoms with Crippen LogP contribution in [-0.2, 0) is 21.4 Å². The third kappa shape index (κ3) is 5.53. The van der Waals surface area contributed by atoms with E-state index in [1.165, 1.54) is 22.0 Å². The minimum absolute atomic E-state index is 0.0420. The molecular formula is C23H29FN4O3S. The van der Waals surface area contributed by atoms with Gasteiger partial charge >= 0.3 is 0 Å². The van der Waals surface area contributed by atoms with E-state index in [2.05, 4.69) is 34.1 Å². The van der Waals surface area contributed by atoms with Crippen LogP contribution in [-0.4, -0.2) is 92.2 Å². The van der Waals surface area contributed by atoms with Crippen LogP contribution in [0, 0.1) is 5.82 Å². The predicted octanol–water partition coefficient (Wildman–Crippen LogP) is 1.48. The summed E-state index contributed by atoms with van der Waals surface area (Å²) in [6.07, 6.45) is 0. The molecule has 1 amide bonds. The molecule has 0 bridgehead atoms. The van der Waals surface area contributed by atoms with E-state index in [-0.39, 0.29) is 23.9 Å². The number of sulfonamides is 1. The Kier molecular flexibility index (Phi) is 7.20. The zero-order chi connectivity index (χ0) is 22.6. The van der Waals surface area contributed by atoms with E-state index < -0.39 is 15.8 Å². The van der Waals surface area contributed by atoms with E-state index >= 15 is 0 Å². The average Bonchev–Trinajstić information content (AvgIpc) is 2.81. The Morgan fingerprint density at radius 2 is 1.38 bits per heavy atom. The first kappa shape index (κ1) is 22.8. The summed E-state index contributed by atoms with van der Waals surface area (Å²) in [6, 6.07) is 15.2. The van der Waals surface area contributed by atoms with Gasteiger partial charge in [-0.15, -0.1) is 0 Å². The number of amides is 1. The van der Waals surface area contributed by atoms with E-state index in [1.54, 1.807) is 4.90 Å². The summed E-state index contributed by atoms with van der Waals surface area (Å²) in [6.45, 7) is 6.05. The van der Waals surface area contributed by atoms with Crippen molar-refractivity contribution >= 4 is 15.9 Å². The molecule has 0 N–H and O–H groups in total. The van der Waals surface area contributed by atoms with Crippen molar-refractivity contribution in [3.63, 3.8) is 0 Å². The number of benzene rings is 2. The molecule has 2 aliphatic heterocycles. The van der Waals surface area contributed by atoms with E-state index in [0.29, 0.717) is 19.6 Å². The highest BCUT2D eigenvalue weighted by molar-refractivity contribution is 7.89. The summed E-state index contributed by atoms with van der Waals surface area (Å²) in [7, 11) is -3.67. The molecule has 32 heavy (non-hydrogen) atoms. The van der Waals surface area contributed by atoms with Crippen LogP contribution in [0.1, 0.15) is 5.56 Å². The van der Waals surface area contributed by atoms with Gasteiger partial charge in [0.25, 0.3) is 0 Å². The summed E-state index contributed by atoms with van der Waals surface area (Å²) in [4.78, 5) is 19.2. The molecule has 2 heterocycles. The maximum atomic E-state index is 13.1. The summed E-state index contributed by atoms with van der Waals surface area (Å²) >= 11 is 0. The number of nitrogens with zero attached hydrogens (tertiary/aromatic N) is 4. The van der Waals surface area contributed by atoms with Crippen LogP contribution in [0.2, 0.25) is 0 Å². The normalized spacial score (nSPS) is 19.2. The quantitative estimate of drug-likeness (QED) is 0.654. The van der Waals surface area contributed by atoms with Crippen molar-refractivity contribution in [3.8, 4) is 0 Å². The van der Waals surface area contributed by atoms with Crippen molar-refractivity contribution in [2.24, 2.45) is 0 Å². The molecule has 0 aliphatic carbocycles. The van der Waals surface area contributed by atoms with Crippen molar-refractivity contribution < 1.29 is 17.6 Å². The van der Waals surface area contributed by atoms with Gasteiger partial charge in [-0.05, 0) is 29.8 Å². The summed E-state index contributed by atoms with van der Waals surface area (Å²) in [5.41, 5.74) is 1.30. The van der Waals surface area contributed by atoms with Gasteiger partial charge in [0, 0.05) is 58.9 Å². The van der Waals surface area contributed by atoms with Gasteiger partial charge in [-0.25, -0.2) is 12.8 Å². The molecule has 0 atom stereocenters. The SMILES string of the molecule is O=C(CN1CCN(Cc2ccccc2)CC1)N1CCN(S(=O)(=O)c2ccc(F)cc2)CC1. The van der Waals surface area contributed by atoms with Gasteiger partial charge < -0.3 is 4.90 Å². The van der Waals surface area contributed by atoms with Crippen LogP contribution < -0.4 is 0 Å². The topological polar surface area (TPSA) is 64.2 Å². The minimum atomic E-state index is -3.67. The van der Waals surface area contributed by atoms with Crippen molar-refractivity contribution in [1.29, 1.82) is 0 Å². The van der Waals surface area contributed by atoms with Gasteiger partial charge in [0.15, 0.2) is 0 Å². The van der Waals surface area contributed by atoms with Crippen molar-refractivity contribution in [3.05, 3.63) is 66.0 Å². The van der Waals surface area contributed by atoms with Gasteiger partial charge in [0.1, 0.15) is 5.82 Å². The second-order valence-electron chi connectivity index (χ2n) is 8.28. The van der Waals surface area contributed by atoms with Gasteiger partial charge in [-0.1, -0.05) is 30.3 Å². The monoisotopic (exact) mass is 460 g/mol. The van der Waals surface area contributed by atoms with Crippen LogP contribution in [0.5, 0.6) is 0 Å². The van der Waals surface area contributed by atoms with E-state index in [4.69, 9.17) is 0 Å². The van der Waals surface area contributed by atoms with Crippen LogP contribution in [0.25, 0.3) is 0 Å². The highest BCUT2D eigenvalue weighted by Gasteiger charge is 2.31. The standard InChI is InChI=1S/C23H29FN4O3S/c24-21-6-8-22(9-7-21)32(30,31)28-16-14-27(15-17-28)23(29)19-26-12-10-25(11-13-26)18-20-4-2-1-3-5-20/h1-9H,10-19H2. The third-order valence-electron chi connectivity index (χ3n) is 6.12. The lowest BCUT2D eigenvalue weighted by Gasteiger charge is -2.37. The highest BCUT2D eigenvalue weighted by Crippen LogP contribution is 2.18. The zero-order valence-electron chi connectivity index (χ0n) is 18.1. The number of carbonyl (C=O) groups excluding carboxylic acids is 1. The first-order valence-corrected chi connectivity index (χ1v) is 12.4. The molecule has 2 aliphatic rings. The number of piperazine rings is 2. The summed E-state index contributed by atoms with van der Waals surface area (Å²) < 4.78 is 40.0. The number of halogens is 1.